The van der Waals surface area contributed by atoms with E-state index >= 15 is 0 Å². The summed E-state index contributed by atoms with van der Waals surface area (Å²) in [6.45, 7) is 3.45. The van der Waals surface area contributed by atoms with Crippen molar-refractivity contribution >= 4 is 5.78 Å². The van der Waals surface area contributed by atoms with E-state index in [1.807, 2.05) is 0 Å². The smallest absolute Gasteiger partial charge is 0.191 e. The maximum atomic E-state index is 13.3. The molecule has 0 aliphatic heterocycles. The highest BCUT2D eigenvalue weighted by Crippen LogP contribution is 2.19. The number of aliphatic hydroxyl groups excluding tert-OH is 1. The van der Waals surface area contributed by atoms with Crippen molar-refractivity contribution in [1.82, 2.24) is 0 Å². The predicted octanol–water partition coefficient (Wildman–Crippen LogP) is 2.03. The summed E-state index contributed by atoms with van der Waals surface area (Å²) in [4.78, 5) is 11.7. The second kappa shape index (κ2) is 5.07. The summed E-state index contributed by atoms with van der Waals surface area (Å²) in [7, 11) is 1.35. The summed E-state index contributed by atoms with van der Waals surface area (Å²) in [5, 5.41) is 9.56. The van der Waals surface area contributed by atoms with Gasteiger partial charge in [-0.25, -0.2) is 4.39 Å². The van der Waals surface area contributed by atoms with E-state index in [-0.39, 0.29) is 17.2 Å². The second-order valence-electron chi connectivity index (χ2n) is 3.90. The van der Waals surface area contributed by atoms with Gasteiger partial charge in [0.15, 0.2) is 17.3 Å². The molecule has 0 fully saturated rings. The van der Waals surface area contributed by atoms with Gasteiger partial charge in [-0.1, -0.05) is 13.8 Å². The van der Waals surface area contributed by atoms with Gasteiger partial charge in [0.1, 0.15) is 6.10 Å². The van der Waals surface area contributed by atoms with Crippen LogP contribution < -0.4 is 4.74 Å². The van der Waals surface area contributed by atoms with Crippen LogP contribution in [0.25, 0.3) is 0 Å². The molecule has 0 spiro atoms. The molecule has 0 amide bonds. The van der Waals surface area contributed by atoms with Crippen molar-refractivity contribution in [1.29, 1.82) is 0 Å². The van der Waals surface area contributed by atoms with Crippen LogP contribution in [-0.2, 0) is 0 Å². The Hall–Kier alpha value is -1.42. The number of hydrogen-bond donors (Lipinski definition) is 1. The summed E-state index contributed by atoms with van der Waals surface area (Å²) < 4.78 is 18.1. The molecule has 1 aromatic rings. The van der Waals surface area contributed by atoms with E-state index in [2.05, 4.69) is 0 Å². The Labute approximate surface area is 93.9 Å². The maximum absolute atomic E-state index is 13.3. The molecule has 1 rings (SSSR count). The van der Waals surface area contributed by atoms with Gasteiger partial charge >= 0.3 is 0 Å². The van der Waals surface area contributed by atoms with E-state index in [1.54, 1.807) is 13.8 Å². The molecule has 16 heavy (non-hydrogen) atoms. The highest BCUT2D eigenvalue weighted by molar-refractivity contribution is 5.99. The van der Waals surface area contributed by atoms with Crippen LogP contribution in [0, 0.1) is 11.7 Å². The molecule has 0 aliphatic carbocycles. The molecule has 0 heterocycles. The molecule has 0 aliphatic rings. The molecular weight excluding hydrogens is 211 g/mol. The molecule has 0 saturated carbocycles. The predicted molar refractivity (Wildman–Crippen MR) is 58.1 cm³/mol. The third-order valence-corrected chi connectivity index (χ3v) is 2.34. The maximum Gasteiger partial charge on any atom is 0.191 e. The van der Waals surface area contributed by atoms with Crippen molar-refractivity contribution in [2.45, 2.75) is 20.0 Å². The number of ketones is 1. The van der Waals surface area contributed by atoms with E-state index in [0.717, 1.165) is 6.07 Å². The molecular formula is C12H15FO3. The molecule has 0 radical (unpaired) electrons. The third-order valence-electron chi connectivity index (χ3n) is 2.34. The summed E-state index contributed by atoms with van der Waals surface area (Å²) in [6, 6.07) is 3.89. The van der Waals surface area contributed by atoms with Crippen LogP contribution in [0.2, 0.25) is 0 Å². The zero-order valence-corrected chi connectivity index (χ0v) is 9.53. The molecule has 0 saturated heterocycles. The van der Waals surface area contributed by atoms with Crippen molar-refractivity contribution in [3.8, 4) is 5.75 Å². The second-order valence-corrected chi connectivity index (χ2v) is 3.90. The van der Waals surface area contributed by atoms with Crippen LogP contribution in [-0.4, -0.2) is 24.1 Å². The van der Waals surface area contributed by atoms with E-state index in [4.69, 9.17) is 4.74 Å². The van der Waals surface area contributed by atoms with E-state index in [9.17, 15) is 14.3 Å². The SMILES string of the molecule is COc1ccc(C(=O)C(O)C(C)C)cc1F. The number of halogens is 1. The Morgan fingerprint density at radius 2 is 2.06 bits per heavy atom. The molecule has 0 bridgehead atoms. The Morgan fingerprint density at radius 1 is 1.44 bits per heavy atom. The van der Waals surface area contributed by atoms with Crippen LogP contribution in [0.5, 0.6) is 5.75 Å². The molecule has 3 nitrogen and oxygen atoms in total. The van der Waals surface area contributed by atoms with Crippen LogP contribution >= 0.6 is 0 Å². The number of ether oxygens (including phenoxy) is 1. The highest BCUT2D eigenvalue weighted by Gasteiger charge is 2.21. The average molecular weight is 226 g/mol. The van der Waals surface area contributed by atoms with Crippen LogP contribution in [0.4, 0.5) is 4.39 Å². The largest absolute Gasteiger partial charge is 0.494 e. The first kappa shape index (κ1) is 12.6. The summed E-state index contributed by atoms with van der Waals surface area (Å²) >= 11 is 0. The lowest BCUT2D eigenvalue weighted by Gasteiger charge is -2.13. The molecule has 0 aromatic heterocycles. The van der Waals surface area contributed by atoms with E-state index in [0.29, 0.717) is 0 Å². The topological polar surface area (TPSA) is 46.5 Å². The lowest BCUT2D eigenvalue weighted by molar-refractivity contribution is 0.0647. The average Bonchev–Trinajstić information content (AvgIpc) is 2.26. The summed E-state index contributed by atoms with van der Waals surface area (Å²) in [5.41, 5.74) is 0.152. The van der Waals surface area contributed by atoms with Gasteiger partial charge in [0, 0.05) is 5.56 Å². The Kier molecular flexibility index (Phi) is 4.01. The van der Waals surface area contributed by atoms with Gasteiger partial charge in [0.2, 0.25) is 0 Å². The number of carbonyl (C=O) groups is 1. The van der Waals surface area contributed by atoms with Gasteiger partial charge < -0.3 is 9.84 Å². The third kappa shape index (κ3) is 2.58. The van der Waals surface area contributed by atoms with Gasteiger partial charge in [0.25, 0.3) is 0 Å². The summed E-state index contributed by atoms with van der Waals surface area (Å²) in [5.74, 6) is -1.20. The van der Waals surface area contributed by atoms with Gasteiger partial charge in [-0.3, -0.25) is 4.79 Å². The van der Waals surface area contributed by atoms with Crippen molar-refractivity contribution in [2.75, 3.05) is 7.11 Å². The minimum atomic E-state index is -1.10. The van der Waals surface area contributed by atoms with Crippen LogP contribution in [0.15, 0.2) is 18.2 Å². The molecule has 1 aromatic carbocycles. The minimum Gasteiger partial charge on any atom is -0.494 e. The number of hydrogen-bond acceptors (Lipinski definition) is 3. The van der Waals surface area contributed by atoms with Crippen molar-refractivity contribution in [2.24, 2.45) is 5.92 Å². The van der Waals surface area contributed by atoms with Crippen LogP contribution in [0.1, 0.15) is 24.2 Å². The first-order chi connectivity index (χ1) is 7.47. The van der Waals surface area contributed by atoms with E-state index in [1.165, 1.54) is 19.2 Å². The fourth-order valence-corrected chi connectivity index (χ4v) is 1.29. The lowest BCUT2D eigenvalue weighted by atomic mass is 9.98. The molecule has 1 unspecified atom stereocenters. The van der Waals surface area contributed by atoms with E-state index < -0.39 is 17.7 Å². The standard InChI is InChI=1S/C12H15FO3/c1-7(2)11(14)12(15)8-4-5-10(16-3)9(13)6-8/h4-7,11,14H,1-3H3. The fraction of sp³-hybridized carbons (Fsp3) is 0.417. The monoisotopic (exact) mass is 226 g/mol. The van der Waals surface area contributed by atoms with Crippen molar-refractivity contribution < 1.29 is 19.0 Å². The van der Waals surface area contributed by atoms with Gasteiger partial charge in [-0.15, -0.1) is 0 Å². The molecule has 1 N–H and O–H groups in total. The highest BCUT2D eigenvalue weighted by atomic mass is 19.1. The zero-order valence-electron chi connectivity index (χ0n) is 9.53. The Balaban J connectivity index is 2.97. The lowest BCUT2D eigenvalue weighted by Crippen LogP contribution is -2.26. The minimum absolute atomic E-state index is 0.0792. The number of benzene rings is 1. The number of aliphatic hydroxyl groups is 1. The number of methoxy groups -OCH3 is 1. The Bertz CT molecular complexity index is 388. The van der Waals surface area contributed by atoms with Crippen molar-refractivity contribution in [3.63, 3.8) is 0 Å². The van der Waals surface area contributed by atoms with Gasteiger partial charge in [-0.05, 0) is 24.1 Å². The first-order valence-corrected chi connectivity index (χ1v) is 5.03. The van der Waals surface area contributed by atoms with Gasteiger partial charge in [-0.2, -0.15) is 0 Å². The van der Waals surface area contributed by atoms with Crippen LogP contribution in [0.3, 0.4) is 0 Å². The molecule has 88 valence electrons. The summed E-state index contributed by atoms with van der Waals surface area (Å²) in [6.07, 6.45) is -1.10. The molecule has 1 atom stereocenters. The Morgan fingerprint density at radius 3 is 2.50 bits per heavy atom. The number of rotatable bonds is 4. The zero-order chi connectivity index (χ0) is 12.3. The fourth-order valence-electron chi connectivity index (χ4n) is 1.29. The van der Waals surface area contributed by atoms with Gasteiger partial charge in [0.05, 0.1) is 7.11 Å². The van der Waals surface area contributed by atoms with Crippen molar-refractivity contribution in [3.05, 3.63) is 29.6 Å². The number of carbonyl (C=O) groups excluding carboxylic acids is 1. The normalized spacial score (nSPS) is 12.6. The molecule has 4 heteroatoms. The quantitative estimate of drug-likeness (QED) is 0.799. The first-order valence-electron chi connectivity index (χ1n) is 5.03. The number of Topliss-reactive ketones (excluding diaryl/α,β-unsaturated/α-hetero) is 1.